The van der Waals surface area contributed by atoms with Crippen LogP contribution in [0.15, 0.2) is 0 Å². The first-order valence-corrected chi connectivity index (χ1v) is 4.38. The van der Waals surface area contributed by atoms with Crippen LogP contribution in [0.1, 0.15) is 19.2 Å². The molecule has 0 atom stereocenters. The summed E-state index contributed by atoms with van der Waals surface area (Å²) < 4.78 is 6.83. The fourth-order valence-corrected chi connectivity index (χ4v) is 1.04. The molecule has 0 aliphatic rings. The molecule has 6 heteroatoms. The van der Waals surface area contributed by atoms with Gasteiger partial charge < -0.3 is 9.84 Å². The molecule has 6 nitrogen and oxygen atoms in total. The predicted molar refractivity (Wildman–Crippen MR) is 48.1 cm³/mol. The SMILES string of the molecule is CCOc1nnc(CCC(=O)O)n1C. The van der Waals surface area contributed by atoms with Gasteiger partial charge in [0.15, 0.2) is 0 Å². The summed E-state index contributed by atoms with van der Waals surface area (Å²) in [5.74, 6) is -0.221. The number of hydrogen-bond donors (Lipinski definition) is 1. The average Bonchev–Trinajstić information content (AvgIpc) is 2.46. The Morgan fingerprint density at radius 3 is 2.86 bits per heavy atom. The highest BCUT2D eigenvalue weighted by atomic mass is 16.5. The predicted octanol–water partition coefficient (Wildman–Crippen LogP) is 0.231. The maximum atomic E-state index is 10.3. The zero-order valence-corrected chi connectivity index (χ0v) is 8.23. The highest BCUT2D eigenvalue weighted by Crippen LogP contribution is 2.08. The Kier molecular flexibility index (Phi) is 3.44. The molecule has 0 aromatic carbocycles. The van der Waals surface area contributed by atoms with Gasteiger partial charge in [0.1, 0.15) is 5.82 Å². The van der Waals surface area contributed by atoms with E-state index in [1.807, 2.05) is 6.92 Å². The molecule has 1 aromatic heterocycles. The second kappa shape index (κ2) is 4.59. The highest BCUT2D eigenvalue weighted by Gasteiger charge is 2.10. The Morgan fingerprint density at radius 2 is 2.29 bits per heavy atom. The maximum Gasteiger partial charge on any atom is 0.316 e. The number of aliphatic carboxylic acids is 1. The minimum Gasteiger partial charge on any atom is -0.481 e. The molecule has 1 N–H and O–H groups in total. The first kappa shape index (κ1) is 10.5. The standard InChI is InChI=1S/C8H13N3O3/c1-3-14-8-10-9-6(11(8)2)4-5-7(12)13/h3-5H2,1-2H3,(H,12,13). The van der Waals surface area contributed by atoms with E-state index in [0.29, 0.717) is 24.9 Å². The first-order valence-electron chi connectivity index (χ1n) is 4.38. The zero-order chi connectivity index (χ0) is 10.6. The number of aromatic nitrogens is 3. The third-order valence-corrected chi connectivity index (χ3v) is 1.76. The third-order valence-electron chi connectivity index (χ3n) is 1.76. The number of carboxylic acids is 1. The van der Waals surface area contributed by atoms with Crippen molar-refractivity contribution < 1.29 is 14.6 Å². The van der Waals surface area contributed by atoms with Crippen LogP contribution >= 0.6 is 0 Å². The number of ether oxygens (including phenoxy) is 1. The summed E-state index contributed by atoms with van der Waals surface area (Å²) in [5.41, 5.74) is 0. The van der Waals surface area contributed by atoms with Crippen LogP contribution in [0.2, 0.25) is 0 Å². The molecule has 0 fully saturated rings. The van der Waals surface area contributed by atoms with E-state index in [1.54, 1.807) is 11.6 Å². The van der Waals surface area contributed by atoms with Crippen LogP contribution < -0.4 is 4.74 Å². The molecule has 0 spiro atoms. The van der Waals surface area contributed by atoms with E-state index in [4.69, 9.17) is 9.84 Å². The molecule has 0 bridgehead atoms. The van der Waals surface area contributed by atoms with Crippen molar-refractivity contribution in [3.63, 3.8) is 0 Å². The molecular formula is C8H13N3O3. The van der Waals surface area contributed by atoms with Crippen LogP contribution in [0.3, 0.4) is 0 Å². The molecule has 1 aromatic rings. The van der Waals surface area contributed by atoms with Crippen molar-refractivity contribution in [3.05, 3.63) is 5.82 Å². The summed E-state index contributed by atoms with van der Waals surface area (Å²) in [4.78, 5) is 10.3. The van der Waals surface area contributed by atoms with E-state index < -0.39 is 5.97 Å². The molecular weight excluding hydrogens is 186 g/mol. The van der Waals surface area contributed by atoms with Gasteiger partial charge in [-0.1, -0.05) is 5.10 Å². The number of carboxylic acid groups (broad SMARTS) is 1. The zero-order valence-electron chi connectivity index (χ0n) is 8.23. The van der Waals surface area contributed by atoms with Crippen molar-refractivity contribution in [2.45, 2.75) is 19.8 Å². The van der Waals surface area contributed by atoms with Gasteiger partial charge in [-0.15, -0.1) is 5.10 Å². The monoisotopic (exact) mass is 199 g/mol. The fraction of sp³-hybridized carbons (Fsp3) is 0.625. The Labute approximate surface area is 81.5 Å². The van der Waals surface area contributed by atoms with Crippen LogP contribution in [0.25, 0.3) is 0 Å². The molecule has 78 valence electrons. The van der Waals surface area contributed by atoms with E-state index in [9.17, 15) is 4.79 Å². The fourth-order valence-electron chi connectivity index (χ4n) is 1.04. The lowest BCUT2D eigenvalue weighted by molar-refractivity contribution is -0.137. The topological polar surface area (TPSA) is 77.2 Å². The molecule has 0 radical (unpaired) electrons. The molecule has 0 unspecified atom stereocenters. The highest BCUT2D eigenvalue weighted by molar-refractivity contribution is 5.66. The van der Waals surface area contributed by atoms with Gasteiger partial charge in [-0.05, 0) is 6.92 Å². The molecule has 0 saturated carbocycles. The summed E-state index contributed by atoms with van der Waals surface area (Å²) >= 11 is 0. The van der Waals surface area contributed by atoms with Gasteiger partial charge in [0.2, 0.25) is 0 Å². The summed E-state index contributed by atoms with van der Waals surface area (Å²) in [6.45, 7) is 2.37. The maximum absolute atomic E-state index is 10.3. The minimum atomic E-state index is -0.842. The molecule has 0 amide bonds. The van der Waals surface area contributed by atoms with Crippen LogP contribution in [0, 0.1) is 0 Å². The smallest absolute Gasteiger partial charge is 0.316 e. The number of aryl methyl sites for hydroxylation is 1. The molecule has 0 saturated heterocycles. The van der Waals surface area contributed by atoms with Gasteiger partial charge in [0.25, 0.3) is 0 Å². The number of nitrogens with zero attached hydrogens (tertiary/aromatic N) is 3. The average molecular weight is 199 g/mol. The van der Waals surface area contributed by atoms with Crippen LogP contribution in [-0.2, 0) is 18.3 Å². The van der Waals surface area contributed by atoms with Gasteiger partial charge in [-0.2, -0.15) is 0 Å². The second-order valence-corrected chi connectivity index (χ2v) is 2.78. The summed E-state index contributed by atoms with van der Waals surface area (Å²) in [6.07, 6.45) is 0.421. The molecule has 14 heavy (non-hydrogen) atoms. The van der Waals surface area contributed by atoms with Crippen molar-refractivity contribution >= 4 is 5.97 Å². The van der Waals surface area contributed by atoms with Crippen molar-refractivity contribution in [3.8, 4) is 6.01 Å². The lowest BCUT2D eigenvalue weighted by Gasteiger charge is -2.02. The lowest BCUT2D eigenvalue weighted by atomic mass is 10.3. The van der Waals surface area contributed by atoms with Crippen LogP contribution in [0.5, 0.6) is 6.01 Å². The number of hydrogen-bond acceptors (Lipinski definition) is 4. The van der Waals surface area contributed by atoms with Gasteiger partial charge in [-0.25, -0.2) is 0 Å². The van der Waals surface area contributed by atoms with Crippen molar-refractivity contribution in [2.24, 2.45) is 7.05 Å². The van der Waals surface area contributed by atoms with Crippen LogP contribution in [0.4, 0.5) is 0 Å². The number of rotatable bonds is 5. The van der Waals surface area contributed by atoms with E-state index in [2.05, 4.69) is 10.2 Å². The van der Waals surface area contributed by atoms with Gasteiger partial charge in [0, 0.05) is 13.5 Å². The van der Waals surface area contributed by atoms with Crippen molar-refractivity contribution in [1.29, 1.82) is 0 Å². The van der Waals surface area contributed by atoms with Crippen LogP contribution in [-0.4, -0.2) is 32.4 Å². The van der Waals surface area contributed by atoms with E-state index in [-0.39, 0.29) is 6.42 Å². The Bertz CT molecular complexity index is 322. The Morgan fingerprint density at radius 1 is 1.57 bits per heavy atom. The quantitative estimate of drug-likeness (QED) is 0.734. The van der Waals surface area contributed by atoms with Gasteiger partial charge >= 0.3 is 12.0 Å². The second-order valence-electron chi connectivity index (χ2n) is 2.78. The third kappa shape index (κ3) is 2.45. The Balaban J connectivity index is 2.64. The molecule has 1 heterocycles. The normalized spacial score (nSPS) is 10.1. The molecule has 1 rings (SSSR count). The lowest BCUT2D eigenvalue weighted by Crippen LogP contribution is -2.05. The first-order chi connectivity index (χ1) is 6.65. The van der Waals surface area contributed by atoms with Crippen molar-refractivity contribution in [2.75, 3.05) is 6.61 Å². The van der Waals surface area contributed by atoms with E-state index in [1.165, 1.54) is 0 Å². The summed E-state index contributed by atoms with van der Waals surface area (Å²) in [6, 6.07) is 0.424. The Hall–Kier alpha value is -1.59. The largest absolute Gasteiger partial charge is 0.481 e. The van der Waals surface area contributed by atoms with E-state index in [0.717, 1.165) is 0 Å². The van der Waals surface area contributed by atoms with Crippen molar-refractivity contribution in [1.82, 2.24) is 14.8 Å². The van der Waals surface area contributed by atoms with Gasteiger partial charge in [0.05, 0.1) is 13.0 Å². The van der Waals surface area contributed by atoms with Gasteiger partial charge in [-0.3, -0.25) is 9.36 Å². The minimum absolute atomic E-state index is 0.0537. The van der Waals surface area contributed by atoms with E-state index >= 15 is 0 Å². The summed E-state index contributed by atoms with van der Waals surface area (Å²) in [5, 5.41) is 16.1. The summed E-state index contributed by atoms with van der Waals surface area (Å²) in [7, 11) is 1.75. The molecule has 0 aliphatic heterocycles. The number of carbonyl (C=O) groups is 1. The molecule has 0 aliphatic carbocycles.